The first-order valence-electron chi connectivity index (χ1n) is 9.65. The lowest BCUT2D eigenvalue weighted by Gasteiger charge is -2.26. The summed E-state index contributed by atoms with van der Waals surface area (Å²) in [4.78, 5) is 9.34. The molecule has 3 rings (SSSR count). The topological polar surface area (TPSA) is 66.4 Å². The third-order valence-electron chi connectivity index (χ3n) is 4.57. The van der Waals surface area contributed by atoms with Crippen LogP contribution in [0.1, 0.15) is 17.9 Å². The third-order valence-corrected chi connectivity index (χ3v) is 4.57. The average Bonchev–Trinajstić information content (AvgIpc) is 3.38. The number of aliphatic imine (C=N–C) groups is 1. The summed E-state index contributed by atoms with van der Waals surface area (Å²) in [5.74, 6) is 2.79. The van der Waals surface area contributed by atoms with Crippen molar-refractivity contribution in [3.63, 3.8) is 0 Å². The number of nitrogens with one attached hydrogen (secondary N) is 1. The number of furan rings is 2. The lowest BCUT2D eigenvalue weighted by molar-refractivity contribution is 0.0377. The predicted molar refractivity (Wildman–Crippen MR) is 105 cm³/mol. The van der Waals surface area contributed by atoms with Gasteiger partial charge in [0.25, 0.3) is 0 Å². The van der Waals surface area contributed by atoms with Crippen molar-refractivity contribution in [3.8, 4) is 0 Å². The number of hydrogen-bond acceptors (Lipinski definition) is 5. The SMILES string of the molecule is CN(Cc1ccco1)C(=NCCCN1CCOCC1)NCCc1ccco1. The van der Waals surface area contributed by atoms with Gasteiger partial charge in [0.15, 0.2) is 5.96 Å². The van der Waals surface area contributed by atoms with Crippen molar-refractivity contribution in [2.75, 3.05) is 53.0 Å². The Balaban J connectivity index is 1.48. The zero-order valence-electron chi connectivity index (χ0n) is 16.1. The molecule has 7 heteroatoms. The monoisotopic (exact) mass is 374 g/mol. The summed E-state index contributed by atoms with van der Waals surface area (Å²) < 4.78 is 16.3. The van der Waals surface area contributed by atoms with Crippen molar-refractivity contribution in [2.45, 2.75) is 19.4 Å². The number of morpholine rings is 1. The fraction of sp³-hybridized carbons (Fsp3) is 0.550. The third kappa shape index (κ3) is 6.77. The van der Waals surface area contributed by atoms with Crippen LogP contribution >= 0.6 is 0 Å². The molecule has 0 radical (unpaired) electrons. The molecule has 2 aromatic heterocycles. The molecule has 0 aromatic carbocycles. The smallest absolute Gasteiger partial charge is 0.194 e. The Morgan fingerprint density at radius 1 is 1.15 bits per heavy atom. The number of rotatable bonds is 9. The molecule has 0 unspecified atom stereocenters. The van der Waals surface area contributed by atoms with E-state index >= 15 is 0 Å². The van der Waals surface area contributed by atoms with Gasteiger partial charge in [0, 0.05) is 46.2 Å². The minimum atomic E-state index is 0.684. The van der Waals surface area contributed by atoms with Gasteiger partial charge in [-0.05, 0) is 30.7 Å². The summed E-state index contributed by atoms with van der Waals surface area (Å²) in [6.07, 6.45) is 5.28. The van der Waals surface area contributed by atoms with Gasteiger partial charge in [0.1, 0.15) is 11.5 Å². The van der Waals surface area contributed by atoms with Crippen LogP contribution in [-0.4, -0.2) is 68.7 Å². The number of guanidine groups is 1. The van der Waals surface area contributed by atoms with Gasteiger partial charge in [0.05, 0.1) is 32.3 Å². The van der Waals surface area contributed by atoms with E-state index in [1.165, 1.54) is 0 Å². The number of nitrogens with zero attached hydrogens (tertiary/aromatic N) is 3. The van der Waals surface area contributed by atoms with E-state index in [9.17, 15) is 0 Å². The van der Waals surface area contributed by atoms with Crippen LogP contribution < -0.4 is 5.32 Å². The normalized spacial score (nSPS) is 15.8. The first-order chi connectivity index (χ1) is 13.3. The quantitative estimate of drug-likeness (QED) is 0.412. The number of ether oxygens (including phenoxy) is 1. The van der Waals surface area contributed by atoms with E-state index in [4.69, 9.17) is 18.6 Å². The lowest BCUT2D eigenvalue weighted by atomic mass is 10.3. The molecule has 0 spiro atoms. The van der Waals surface area contributed by atoms with Crippen LogP contribution in [0.25, 0.3) is 0 Å². The van der Waals surface area contributed by atoms with Gasteiger partial charge in [-0.25, -0.2) is 0 Å². The molecule has 0 saturated carbocycles. The summed E-state index contributed by atoms with van der Waals surface area (Å²) in [6, 6.07) is 7.80. The van der Waals surface area contributed by atoms with Gasteiger partial charge in [-0.15, -0.1) is 0 Å². The van der Waals surface area contributed by atoms with Gasteiger partial charge < -0.3 is 23.8 Å². The number of hydrogen-bond donors (Lipinski definition) is 1. The van der Waals surface area contributed by atoms with Crippen LogP contribution in [0.5, 0.6) is 0 Å². The molecule has 1 saturated heterocycles. The molecule has 1 aliphatic rings. The van der Waals surface area contributed by atoms with Crippen LogP contribution in [-0.2, 0) is 17.7 Å². The first-order valence-corrected chi connectivity index (χ1v) is 9.65. The van der Waals surface area contributed by atoms with Crippen LogP contribution in [0.15, 0.2) is 50.6 Å². The van der Waals surface area contributed by atoms with Gasteiger partial charge in [-0.2, -0.15) is 0 Å². The van der Waals surface area contributed by atoms with E-state index in [1.54, 1.807) is 12.5 Å². The zero-order valence-corrected chi connectivity index (χ0v) is 16.1. The second-order valence-electron chi connectivity index (χ2n) is 6.70. The van der Waals surface area contributed by atoms with E-state index in [0.717, 1.165) is 76.3 Å². The Morgan fingerprint density at radius 2 is 1.89 bits per heavy atom. The Morgan fingerprint density at radius 3 is 2.59 bits per heavy atom. The van der Waals surface area contributed by atoms with Crippen LogP contribution in [0.2, 0.25) is 0 Å². The molecular weight excluding hydrogens is 344 g/mol. The summed E-state index contributed by atoms with van der Waals surface area (Å²) in [5, 5.41) is 3.45. The summed E-state index contributed by atoms with van der Waals surface area (Å²) in [7, 11) is 2.03. The molecule has 0 bridgehead atoms. The standard InChI is InChI=1S/C20H30N4O3/c1-23(17-19-6-3-14-27-19)20(22-9-7-18-5-2-13-26-18)21-8-4-10-24-11-15-25-16-12-24/h2-3,5-6,13-14H,4,7-12,15-17H2,1H3,(H,21,22). The van der Waals surface area contributed by atoms with E-state index in [0.29, 0.717) is 6.54 Å². The van der Waals surface area contributed by atoms with Crippen LogP contribution in [0.3, 0.4) is 0 Å². The minimum absolute atomic E-state index is 0.684. The van der Waals surface area contributed by atoms with Crippen molar-refractivity contribution in [1.82, 2.24) is 15.1 Å². The molecule has 7 nitrogen and oxygen atoms in total. The summed E-state index contributed by atoms with van der Waals surface area (Å²) in [5.41, 5.74) is 0. The second kappa shape index (κ2) is 10.8. The van der Waals surface area contributed by atoms with Gasteiger partial charge >= 0.3 is 0 Å². The Kier molecular flexibility index (Phi) is 7.80. The molecule has 3 heterocycles. The van der Waals surface area contributed by atoms with Gasteiger partial charge in [-0.1, -0.05) is 0 Å². The molecule has 1 aliphatic heterocycles. The Labute approximate surface area is 161 Å². The minimum Gasteiger partial charge on any atom is -0.469 e. The van der Waals surface area contributed by atoms with Crippen molar-refractivity contribution >= 4 is 5.96 Å². The van der Waals surface area contributed by atoms with Gasteiger partial charge in [0.2, 0.25) is 0 Å². The highest BCUT2D eigenvalue weighted by Crippen LogP contribution is 2.05. The molecule has 0 amide bonds. The fourth-order valence-corrected chi connectivity index (χ4v) is 3.08. The van der Waals surface area contributed by atoms with Gasteiger partial charge in [-0.3, -0.25) is 9.89 Å². The van der Waals surface area contributed by atoms with E-state index in [2.05, 4.69) is 15.1 Å². The summed E-state index contributed by atoms with van der Waals surface area (Å²) >= 11 is 0. The molecule has 2 aromatic rings. The highest BCUT2D eigenvalue weighted by molar-refractivity contribution is 5.79. The largest absolute Gasteiger partial charge is 0.469 e. The average molecular weight is 374 g/mol. The fourth-order valence-electron chi connectivity index (χ4n) is 3.08. The van der Waals surface area contributed by atoms with E-state index in [1.807, 2.05) is 31.3 Å². The van der Waals surface area contributed by atoms with Crippen LogP contribution in [0, 0.1) is 0 Å². The molecule has 27 heavy (non-hydrogen) atoms. The maximum Gasteiger partial charge on any atom is 0.194 e. The van der Waals surface area contributed by atoms with Crippen molar-refractivity contribution in [3.05, 3.63) is 48.3 Å². The molecular formula is C20H30N4O3. The van der Waals surface area contributed by atoms with Crippen LogP contribution in [0.4, 0.5) is 0 Å². The molecule has 1 N–H and O–H groups in total. The van der Waals surface area contributed by atoms with E-state index in [-0.39, 0.29) is 0 Å². The molecule has 0 aliphatic carbocycles. The second-order valence-corrected chi connectivity index (χ2v) is 6.70. The van der Waals surface area contributed by atoms with Crippen molar-refractivity contribution < 1.29 is 13.6 Å². The van der Waals surface area contributed by atoms with Crippen molar-refractivity contribution in [1.29, 1.82) is 0 Å². The highest BCUT2D eigenvalue weighted by atomic mass is 16.5. The zero-order chi connectivity index (χ0) is 18.7. The summed E-state index contributed by atoms with van der Waals surface area (Å²) in [6.45, 7) is 7.05. The predicted octanol–water partition coefficient (Wildman–Crippen LogP) is 2.21. The maximum atomic E-state index is 5.46. The lowest BCUT2D eigenvalue weighted by Crippen LogP contribution is -2.40. The van der Waals surface area contributed by atoms with E-state index < -0.39 is 0 Å². The Bertz CT molecular complexity index is 649. The maximum absolute atomic E-state index is 5.46. The van der Waals surface area contributed by atoms with Crippen molar-refractivity contribution in [2.24, 2.45) is 4.99 Å². The molecule has 1 fully saturated rings. The molecule has 0 atom stereocenters. The Hall–Kier alpha value is -2.25. The molecule has 148 valence electrons. The highest BCUT2D eigenvalue weighted by Gasteiger charge is 2.11. The first kappa shape index (κ1) is 19.5.